The number of nitrogens with one attached hydrogen (secondary N) is 1. The van der Waals surface area contributed by atoms with E-state index in [1.165, 1.54) is 31.9 Å². The molecular formula is C13H21N3O. The molecule has 94 valence electrons. The Labute approximate surface area is 102 Å². The largest absolute Gasteiger partial charge is 0.393 e. The summed E-state index contributed by atoms with van der Waals surface area (Å²) in [6.07, 6.45) is 8.87. The Morgan fingerprint density at radius 3 is 2.71 bits per heavy atom. The van der Waals surface area contributed by atoms with Crippen molar-refractivity contribution in [2.45, 2.75) is 51.4 Å². The number of nitrogens with zero attached hydrogens (tertiary/aromatic N) is 1. The Hall–Kier alpha value is -1.32. The lowest BCUT2D eigenvalue weighted by Gasteiger charge is -2.27. The number of aromatic nitrogens is 2. The van der Waals surface area contributed by atoms with Gasteiger partial charge in [0.1, 0.15) is 11.5 Å². The van der Waals surface area contributed by atoms with Gasteiger partial charge in [-0.2, -0.15) is 0 Å². The van der Waals surface area contributed by atoms with Gasteiger partial charge in [0.2, 0.25) is 0 Å². The van der Waals surface area contributed by atoms with E-state index in [-0.39, 0.29) is 11.2 Å². The van der Waals surface area contributed by atoms with Gasteiger partial charge in [-0.1, -0.05) is 19.8 Å². The lowest BCUT2D eigenvalue weighted by atomic mass is 9.80. The fourth-order valence-electron chi connectivity index (χ4n) is 2.76. The van der Waals surface area contributed by atoms with Crippen LogP contribution in [-0.4, -0.2) is 9.97 Å². The summed E-state index contributed by atoms with van der Waals surface area (Å²) in [5.41, 5.74) is 5.47. The molecule has 0 bridgehead atoms. The maximum absolute atomic E-state index is 11.4. The SMILES string of the molecule is CCCC1CCC(c2ncc(N)c(=O)[nH]2)CC1. The van der Waals surface area contributed by atoms with E-state index in [2.05, 4.69) is 16.9 Å². The number of rotatable bonds is 3. The maximum atomic E-state index is 11.4. The Bertz CT molecular complexity index is 419. The number of hydrogen-bond donors (Lipinski definition) is 2. The molecule has 1 aliphatic rings. The second kappa shape index (κ2) is 5.34. The topological polar surface area (TPSA) is 71.8 Å². The summed E-state index contributed by atoms with van der Waals surface area (Å²) in [5.74, 6) is 2.10. The summed E-state index contributed by atoms with van der Waals surface area (Å²) in [4.78, 5) is 18.5. The Morgan fingerprint density at radius 2 is 2.12 bits per heavy atom. The lowest BCUT2D eigenvalue weighted by molar-refractivity contribution is 0.302. The molecule has 0 aromatic carbocycles. The van der Waals surface area contributed by atoms with Crippen LogP contribution in [0.4, 0.5) is 5.69 Å². The van der Waals surface area contributed by atoms with E-state index in [4.69, 9.17) is 5.73 Å². The van der Waals surface area contributed by atoms with Crippen LogP contribution in [0.5, 0.6) is 0 Å². The molecule has 3 N–H and O–H groups in total. The van der Waals surface area contributed by atoms with Gasteiger partial charge in [-0.15, -0.1) is 0 Å². The van der Waals surface area contributed by atoms with Gasteiger partial charge in [0.15, 0.2) is 0 Å². The summed E-state index contributed by atoms with van der Waals surface area (Å²) in [6, 6.07) is 0. The van der Waals surface area contributed by atoms with Crippen molar-refractivity contribution in [3.8, 4) is 0 Å². The Morgan fingerprint density at radius 1 is 1.41 bits per heavy atom. The van der Waals surface area contributed by atoms with E-state index in [9.17, 15) is 4.79 Å². The molecule has 1 aliphatic carbocycles. The van der Waals surface area contributed by atoms with Crippen molar-refractivity contribution < 1.29 is 0 Å². The fourth-order valence-corrected chi connectivity index (χ4v) is 2.76. The predicted octanol–water partition coefficient (Wildman–Crippen LogP) is 2.43. The van der Waals surface area contributed by atoms with Crippen molar-refractivity contribution in [3.05, 3.63) is 22.4 Å². The smallest absolute Gasteiger partial charge is 0.274 e. The first-order valence-electron chi connectivity index (χ1n) is 6.55. The molecule has 17 heavy (non-hydrogen) atoms. The van der Waals surface area contributed by atoms with E-state index in [1.807, 2.05) is 0 Å². The molecule has 0 radical (unpaired) electrons. The number of hydrogen-bond acceptors (Lipinski definition) is 3. The highest BCUT2D eigenvalue weighted by Crippen LogP contribution is 2.35. The van der Waals surface area contributed by atoms with Crippen LogP contribution >= 0.6 is 0 Å². The van der Waals surface area contributed by atoms with E-state index >= 15 is 0 Å². The number of nitrogens with two attached hydrogens (primary N) is 1. The molecule has 1 heterocycles. The van der Waals surface area contributed by atoms with Gasteiger partial charge in [0.25, 0.3) is 5.56 Å². The molecule has 4 nitrogen and oxygen atoms in total. The van der Waals surface area contributed by atoms with Gasteiger partial charge in [0, 0.05) is 5.92 Å². The molecule has 4 heteroatoms. The Kier molecular flexibility index (Phi) is 3.82. The zero-order valence-electron chi connectivity index (χ0n) is 10.4. The average Bonchev–Trinajstić information content (AvgIpc) is 2.34. The zero-order chi connectivity index (χ0) is 12.3. The molecule has 0 aliphatic heterocycles. The van der Waals surface area contributed by atoms with E-state index in [1.54, 1.807) is 0 Å². The quantitative estimate of drug-likeness (QED) is 0.845. The first-order valence-corrected chi connectivity index (χ1v) is 6.55. The third-order valence-electron chi connectivity index (χ3n) is 3.78. The number of nitrogen functional groups attached to an aromatic ring is 1. The van der Waals surface area contributed by atoms with Crippen LogP contribution in [0.15, 0.2) is 11.0 Å². The van der Waals surface area contributed by atoms with E-state index in [0.29, 0.717) is 5.92 Å². The number of anilines is 1. The van der Waals surface area contributed by atoms with Crippen LogP contribution < -0.4 is 11.3 Å². The molecular weight excluding hydrogens is 214 g/mol. The summed E-state index contributed by atoms with van der Waals surface area (Å²) in [5, 5.41) is 0. The van der Waals surface area contributed by atoms with Crippen molar-refractivity contribution in [1.29, 1.82) is 0 Å². The van der Waals surface area contributed by atoms with Gasteiger partial charge in [-0.3, -0.25) is 4.79 Å². The van der Waals surface area contributed by atoms with Crippen LogP contribution in [0.1, 0.15) is 57.2 Å². The van der Waals surface area contributed by atoms with Crippen molar-refractivity contribution in [2.24, 2.45) is 5.92 Å². The van der Waals surface area contributed by atoms with Gasteiger partial charge in [-0.25, -0.2) is 4.98 Å². The highest BCUT2D eigenvalue weighted by Gasteiger charge is 2.23. The molecule has 0 saturated heterocycles. The summed E-state index contributed by atoms with van der Waals surface area (Å²) in [7, 11) is 0. The predicted molar refractivity (Wildman–Crippen MR) is 68.9 cm³/mol. The van der Waals surface area contributed by atoms with Gasteiger partial charge in [0.05, 0.1) is 6.20 Å². The van der Waals surface area contributed by atoms with Crippen molar-refractivity contribution in [1.82, 2.24) is 9.97 Å². The van der Waals surface area contributed by atoms with E-state index < -0.39 is 0 Å². The minimum absolute atomic E-state index is 0.202. The lowest BCUT2D eigenvalue weighted by Crippen LogP contribution is -2.20. The molecule has 0 unspecified atom stereocenters. The van der Waals surface area contributed by atoms with Crippen molar-refractivity contribution in [2.75, 3.05) is 5.73 Å². The third kappa shape index (κ3) is 2.87. The molecule has 0 spiro atoms. The number of H-pyrrole nitrogens is 1. The minimum atomic E-state index is -0.203. The van der Waals surface area contributed by atoms with Crippen LogP contribution in [0, 0.1) is 5.92 Å². The summed E-state index contributed by atoms with van der Waals surface area (Å²) >= 11 is 0. The highest BCUT2D eigenvalue weighted by molar-refractivity contribution is 5.30. The van der Waals surface area contributed by atoms with E-state index in [0.717, 1.165) is 24.6 Å². The maximum Gasteiger partial charge on any atom is 0.274 e. The zero-order valence-corrected chi connectivity index (χ0v) is 10.4. The Balaban J connectivity index is 2.00. The molecule has 2 rings (SSSR count). The van der Waals surface area contributed by atoms with Crippen LogP contribution in [0.2, 0.25) is 0 Å². The monoisotopic (exact) mass is 235 g/mol. The van der Waals surface area contributed by atoms with Gasteiger partial charge >= 0.3 is 0 Å². The van der Waals surface area contributed by atoms with Crippen LogP contribution in [0.3, 0.4) is 0 Å². The van der Waals surface area contributed by atoms with Crippen molar-refractivity contribution >= 4 is 5.69 Å². The molecule has 1 fully saturated rings. The first-order chi connectivity index (χ1) is 8.20. The molecule has 0 amide bonds. The van der Waals surface area contributed by atoms with Gasteiger partial charge in [-0.05, 0) is 31.6 Å². The average molecular weight is 235 g/mol. The first kappa shape index (κ1) is 12.1. The summed E-state index contributed by atoms with van der Waals surface area (Å²) < 4.78 is 0. The standard InChI is InChI=1S/C13H21N3O/c1-2-3-9-4-6-10(7-5-9)12-15-8-11(14)13(17)16-12/h8-10H,2-7,14H2,1H3,(H,15,16,17). The minimum Gasteiger partial charge on any atom is -0.393 e. The van der Waals surface area contributed by atoms with Gasteiger partial charge < -0.3 is 10.7 Å². The summed E-state index contributed by atoms with van der Waals surface area (Å²) in [6.45, 7) is 2.24. The molecule has 0 atom stereocenters. The number of aromatic amines is 1. The fraction of sp³-hybridized carbons (Fsp3) is 0.692. The highest BCUT2D eigenvalue weighted by atomic mass is 16.1. The second-order valence-electron chi connectivity index (χ2n) is 5.06. The normalized spacial score (nSPS) is 24.8. The molecule has 1 saturated carbocycles. The third-order valence-corrected chi connectivity index (χ3v) is 3.78. The molecule has 1 aromatic rings. The van der Waals surface area contributed by atoms with Crippen LogP contribution in [-0.2, 0) is 0 Å². The second-order valence-corrected chi connectivity index (χ2v) is 5.06. The van der Waals surface area contributed by atoms with Crippen molar-refractivity contribution in [3.63, 3.8) is 0 Å². The molecule has 1 aromatic heterocycles. The van der Waals surface area contributed by atoms with Crippen LogP contribution in [0.25, 0.3) is 0 Å².